The van der Waals surface area contributed by atoms with Crippen molar-refractivity contribution in [3.8, 4) is 5.75 Å². The number of nitrogens with one attached hydrogen (secondary N) is 3. The molecule has 4 aromatic rings. The van der Waals surface area contributed by atoms with Crippen LogP contribution in [0.2, 0.25) is 0 Å². The zero-order chi connectivity index (χ0) is 37.6. The number of anilines is 4. The lowest BCUT2D eigenvalue weighted by molar-refractivity contribution is -0.137. The first-order valence-electron chi connectivity index (χ1n) is 16.6. The molecule has 14 heteroatoms. The van der Waals surface area contributed by atoms with E-state index in [9.17, 15) is 32.7 Å². The van der Waals surface area contributed by atoms with Crippen LogP contribution in [0.3, 0.4) is 0 Å². The number of alkyl halides is 3. The summed E-state index contributed by atoms with van der Waals surface area (Å²) < 4.78 is 45.2. The fraction of sp³-hybridized carbons (Fsp3) is 0.289. The van der Waals surface area contributed by atoms with Crippen molar-refractivity contribution in [2.24, 2.45) is 5.92 Å². The lowest BCUT2D eigenvalue weighted by Crippen LogP contribution is -2.49. The molecule has 4 aromatic carbocycles. The summed E-state index contributed by atoms with van der Waals surface area (Å²) in [6.07, 6.45) is -4.88. The van der Waals surface area contributed by atoms with E-state index in [4.69, 9.17) is 10.5 Å². The second-order valence-electron chi connectivity index (χ2n) is 12.9. The van der Waals surface area contributed by atoms with Crippen molar-refractivity contribution in [3.05, 3.63) is 113 Å². The van der Waals surface area contributed by atoms with Crippen molar-refractivity contribution in [2.75, 3.05) is 48.4 Å². The number of nitrogens with zero attached hydrogens (tertiary/aromatic N) is 2. The minimum atomic E-state index is -4.50. The predicted octanol–water partition coefficient (Wildman–Crippen LogP) is 6.54. The largest absolute Gasteiger partial charge is 0.488 e. The Kier molecular flexibility index (Phi) is 11.7. The number of likely N-dealkylation sites (N-methyl/N-ethyl adjacent to an activating group) is 1. The zero-order valence-electron chi connectivity index (χ0n) is 28.9. The molecule has 0 bridgehead atoms. The molecule has 1 aliphatic heterocycles. The molecule has 0 aliphatic carbocycles. The van der Waals surface area contributed by atoms with E-state index in [1.165, 1.54) is 6.07 Å². The highest BCUT2D eigenvalue weighted by molar-refractivity contribution is 6.06. The molecular weight excluding hydrogens is 677 g/mol. The average Bonchev–Trinajstić information content (AvgIpc) is 3.10. The fourth-order valence-corrected chi connectivity index (χ4v) is 5.80. The Balaban J connectivity index is 1.27. The average molecular weight is 719 g/mol. The Morgan fingerprint density at radius 3 is 2.29 bits per heavy atom. The van der Waals surface area contributed by atoms with Gasteiger partial charge in [0.25, 0.3) is 11.8 Å². The molecule has 0 saturated heterocycles. The number of nitrogen functional groups attached to an aromatic ring is 1. The number of nitrogens with two attached hydrogens (primary N) is 1. The van der Waals surface area contributed by atoms with Gasteiger partial charge in [0.05, 0.1) is 35.2 Å². The van der Waals surface area contributed by atoms with Crippen LogP contribution in [0.4, 0.5) is 40.7 Å². The fourth-order valence-electron chi connectivity index (χ4n) is 5.80. The SMILES string of the molecule is C[C@H](CO)N1C[C@H](C)[C@H](CN(C)Cc2ccc(C(=O)Nc3ccccc3N)cc2)Oc2ccc(NC(=O)Nc3ccc(C(F)(F)F)cc3)cc2C1=O. The van der Waals surface area contributed by atoms with Crippen LogP contribution in [0.5, 0.6) is 5.75 Å². The second-order valence-corrected chi connectivity index (χ2v) is 12.9. The molecule has 11 nitrogen and oxygen atoms in total. The lowest BCUT2D eigenvalue weighted by atomic mass is 9.99. The number of hydrogen-bond donors (Lipinski definition) is 5. The summed E-state index contributed by atoms with van der Waals surface area (Å²) >= 11 is 0. The highest BCUT2D eigenvalue weighted by atomic mass is 19.4. The molecule has 1 aliphatic rings. The first kappa shape index (κ1) is 37.7. The number of para-hydroxylation sites is 2. The molecule has 5 rings (SSSR count). The van der Waals surface area contributed by atoms with Gasteiger partial charge in [0.2, 0.25) is 0 Å². The number of aliphatic hydroxyl groups is 1. The molecule has 0 unspecified atom stereocenters. The van der Waals surface area contributed by atoms with Crippen LogP contribution < -0.4 is 26.4 Å². The van der Waals surface area contributed by atoms with Crippen molar-refractivity contribution in [2.45, 2.75) is 38.7 Å². The smallest absolute Gasteiger partial charge is 0.416 e. The van der Waals surface area contributed by atoms with Gasteiger partial charge >= 0.3 is 12.2 Å². The minimum Gasteiger partial charge on any atom is -0.488 e. The Bertz CT molecular complexity index is 1890. The van der Waals surface area contributed by atoms with Crippen LogP contribution in [0, 0.1) is 5.92 Å². The van der Waals surface area contributed by atoms with Gasteiger partial charge in [-0.05, 0) is 86.3 Å². The summed E-state index contributed by atoms with van der Waals surface area (Å²) in [6.45, 7) is 4.76. The molecule has 3 atom stereocenters. The number of urea groups is 1. The molecule has 274 valence electrons. The highest BCUT2D eigenvalue weighted by Crippen LogP contribution is 2.32. The number of carbonyl (C=O) groups is 3. The number of aliphatic hydroxyl groups excluding tert-OH is 1. The first-order valence-corrected chi connectivity index (χ1v) is 16.6. The van der Waals surface area contributed by atoms with E-state index in [0.717, 1.165) is 29.8 Å². The van der Waals surface area contributed by atoms with Crippen molar-refractivity contribution < 1.29 is 37.4 Å². The van der Waals surface area contributed by atoms with Crippen LogP contribution in [-0.2, 0) is 12.7 Å². The Morgan fingerprint density at radius 1 is 0.981 bits per heavy atom. The maximum absolute atomic E-state index is 13.8. The summed E-state index contributed by atoms with van der Waals surface area (Å²) in [7, 11) is 1.94. The number of amides is 4. The number of benzene rings is 4. The highest BCUT2D eigenvalue weighted by Gasteiger charge is 2.34. The zero-order valence-corrected chi connectivity index (χ0v) is 28.9. The van der Waals surface area contributed by atoms with E-state index in [2.05, 4.69) is 20.9 Å². The summed E-state index contributed by atoms with van der Waals surface area (Å²) in [6, 6.07) is 21.7. The molecule has 52 heavy (non-hydrogen) atoms. The second kappa shape index (κ2) is 16.2. The number of halogens is 3. The molecule has 0 aromatic heterocycles. The van der Waals surface area contributed by atoms with Gasteiger partial charge in [0.15, 0.2) is 0 Å². The van der Waals surface area contributed by atoms with Gasteiger partial charge < -0.3 is 36.4 Å². The molecule has 0 fully saturated rings. The van der Waals surface area contributed by atoms with Crippen molar-refractivity contribution in [3.63, 3.8) is 0 Å². The number of ether oxygens (including phenoxy) is 1. The lowest BCUT2D eigenvalue weighted by Gasteiger charge is -2.38. The van der Waals surface area contributed by atoms with Crippen molar-refractivity contribution in [1.29, 1.82) is 0 Å². The van der Waals surface area contributed by atoms with Gasteiger partial charge in [-0.15, -0.1) is 0 Å². The van der Waals surface area contributed by atoms with E-state index in [1.807, 2.05) is 26.1 Å². The van der Waals surface area contributed by atoms with Crippen LogP contribution in [0.15, 0.2) is 91.0 Å². The first-order chi connectivity index (χ1) is 24.7. The summed E-state index contributed by atoms with van der Waals surface area (Å²) in [5.74, 6) is -0.505. The van der Waals surface area contributed by atoms with Gasteiger partial charge in [-0.2, -0.15) is 13.2 Å². The van der Waals surface area contributed by atoms with E-state index in [1.54, 1.807) is 60.4 Å². The Morgan fingerprint density at radius 2 is 1.63 bits per heavy atom. The number of carbonyl (C=O) groups excluding carboxylic acids is 3. The molecule has 0 saturated carbocycles. The van der Waals surface area contributed by atoms with Crippen LogP contribution in [-0.4, -0.2) is 71.6 Å². The summed E-state index contributed by atoms with van der Waals surface area (Å²) in [5.41, 5.74) is 8.15. The maximum Gasteiger partial charge on any atom is 0.416 e. The molecule has 0 radical (unpaired) electrons. The molecule has 1 heterocycles. The molecular formula is C38H41F3N6O5. The van der Waals surface area contributed by atoms with Gasteiger partial charge in [-0.25, -0.2) is 4.79 Å². The van der Waals surface area contributed by atoms with Crippen LogP contribution in [0.25, 0.3) is 0 Å². The van der Waals surface area contributed by atoms with E-state index in [0.29, 0.717) is 42.3 Å². The van der Waals surface area contributed by atoms with Gasteiger partial charge in [0.1, 0.15) is 11.9 Å². The monoisotopic (exact) mass is 718 g/mol. The molecule has 0 spiro atoms. The molecule has 6 N–H and O–H groups in total. The van der Waals surface area contributed by atoms with E-state index < -0.39 is 23.8 Å². The Hall–Kier alpha value is -5.60. The third-order valence-electron chi connectivity index (χ3n) is 8.76. The van der Waals surface area contributed by atoms with E-state index in [-0.39, 0.29) is 47.4 Å². The summed E-state index contributed by atoms with van der Waals surface area (Å²) in [5, 5.41) is 17.9. The summed E-state index contributed by atoms with van der Waals surface area (Å²) in [4.78, 5) is 43.0. The third kappa shape index (κ3) is 9.38. The number of rotatable bonds is 10. The normalized spacial score (nSPS) is 16.6. The topological polar surface area (TPSA) is 149 Å². The van der Waals surface area contributed by atoms with Crippen LogP contribution in [0.1, 0.15) is 45.7 Å². The number of hydrogen-bond acceptors (Lipinski definition) is 7. The van der Waals surface area contributed by atoms with Crippen LogP contribution >= 0.6 is 0 Å². The third-order valence-corrected chi connectivity index (χ3v) is 8.76. The van der Waals surface area contributed by atoms with Gasteiger partial charge in [-0.1, -0.05) is 31.2 Å². The Labute approximate surface area is 299 Å². The maximum atomic E-state index is 13.8. The quantitative estimate of drug-likeness (QED) is 0.117. The molecule has 4 amide bonds. The standard InChI is InChI=1S/C38H41F3N6O5/c1-23-19-47(24(2)22-48)36(50)30-18-29(44-37(51)43-28-14-12-27(13-15-28)38(39,40)41)16-17-33(30)52-34(23)21-46(3)20-25-8-10-26(11-9-25)35(49)45-32-7-5-4-6-31(32)42/h4-18,23-24,34,48H,19-22,42H2,1-3H3,(H,45,49)(H2,43,44,51)/t23-,24+,34-/m0/s1. The predicted molar refractivity (Wildman–Crippen MR) is 193 cm³/mol. The van der Waals surface area contributed by atoms with Gasteiger partial charge in [-0.3, -0.25) is 14.5 Å². The van der Waals surface area contributed by atoms with Crippen molar-refractivity contribution >= 4 is 40.6 Å². The van der Waals surface area contributed by atoms with Gasteiger partial charge in [0, 0.05) is 42.5 Å². The number of fused-ring (bicyclic) bond motifs is 1. The van der Waals surface area contributed by atoms with Crippen molar-refractivity contribution in [1.82, 2.24) is 9.80 Å². The van der Waals surface area contributed by atoms with E-state index >= 15 is 0 Å². The minimum absolute atomic E-state index is 0.141.